The highest BCUT2D eigenvalue weighted by Gasteiger charge is 2.46. The third-order valence-corrected chi connectivity index (χ3v) is 10.1. The van der Waals surface area contributed by atoms with Crippen molar-refractivity contribution in [2.75, 3.05) is 13.7 Å². The van der Waals surface area contributed by atoms with Crippen LogP contribution >= 0.6 is 0 Å². The molecular formula is C46H50O20. The second-order valence-electron chi connectivity index (χ2n) is 14.8. The van der Waals surface area contributed by atoms with Gasteiger partial charge in [-0.2, -0.15) is 0 Å². The molecule has 1 unspecified atom stereocenters. The molecule has 0 amide bonds. The first kappa shape index (κ1) is 50.4. The molecule has 0 bridgehead atoms. The third kappa shape index (κ3) is 12.2. The van der Waals surface area contributed by atoms with Crippen LogP contribution in [0.2, 0.25) is 0 Å². The number of hydrogen-bond acceptors (Lipinski definition) is 20. The number of aliphatic hydroxyl groups excluding tert-OH is 7. The predicted octanol–water partition coefficient (Wildman–Crippen LogP) is 2.14. The Morgan fingerprint density at radius 2 is 1.33 bits per heavy atom. The third-order valence-electron chi connectivity index (χ3n) is 10.1. The maximum Gasteiger partial charge on any atom is 0.336 e. The van der Waals surface area contributed by atoms with E-state index in [1.165, 1.54) is 24.6 Å². The first-order valence-corrected chi connectivity index (χ1v) is 20.0. The molecule has 66 heavy (non-hydrogen) atoms. The van der Waals surface area contributed by atoms with Crippen molar-refractivity contribution in [2.24, 2.45) is 0 Å². The van der Waals surface area contributed by atoms with Crippen molar-refractivity contribution in [1.29, 1.82) is 0 Å². The molecule has 6 aromatic rings. The van der Waals surface area contributed by atoms with Gasteiger partial charge in [-0.25, -0.2) is 4.79 Å². The smallest absolute Gasteiger partial charge is 0.336 e. The molecule has 2 aromatic heterocycles. The topological polar surface area (TPSA) is 340 Å². The Labute approximate surface area is 374 Å². The van der Waals surface area contributed by atoms with E-state index in [9.17, 15) is 70.9 Å². The van der Waals surface area contributed by atoms with Crippen molar-refractivity contribution in [3.05, 3.63) is 123 Å². The number of rotatable bonds is 6. The lowest BCUT2D eigenvalue weighted by Gasteiger charge is -2.41. The molecule has 2 saturated heterocycles. The molecule has 2 aliphatic rings. The summed E-state index contributed by atoms with van der Waals surface area (Å²) in [5, 5.41) is 116. The first-order chi connectivity index (χ1) is 31.3. The van der Waals surface area contributed by atoms with Crippen molar-refractivity contribution in [1.82, 2.24) is 0 Å². The molecule has 354 valence electrons. The summed E-state index contributed by atoms with van der Waals surface area (Å²) >= 11 is 0. The average molecular weight is 923 g/mol. The van der Waals surface area contributed by atoms with E-state index in [1.54, 1.807) is 19.2 Å². The first-order valence-electron chi connectivity index (χ1n) is 20.0. The molecule has 0 spiro atoms. The molecule has 4 heterocycles. The fraction of sp³-hybridized carbons (Fsp3) is 0.304. The van der Waals surface area contributed by atoms with Crippen LogP contribution in [0.25, 0.3) is 39.3 Å². The van der Waals surface area contributed by atoms with Gasteiger partial charge in [0.25, 0.3) is 0 Å². The Morgan fingerprint density at radius 1 is 0.652 bits per heavy atom. The highest BCUT2D eigenvalue weighted by atomic mass is 16.7. The molecule has 12 N–H and O–H groups in total. The summed E-state index contributed by atoms with van der Waals surface area (Å²) in [6.45, 7) is 3.09. The molecule has 20 nitrogen and oxygen atoms in total. The van der Waals surface area contributed by atoms with E-state index in [0.29, 0.717) is 5.58 Å². The SMILES string of the molecule is C/C=C/c1ccc(OC)cc1.C[C@@H]1O[C@@H](OCC2O[C@@H](O)[C@@H](O)[C@@H](O)[C@@H]2O)[C@H](O)[C@H](O)[C@H]1O.O=c1c(O)c(-c2ccc(O)c(O)c2)oc2cc(O)cc(O)c12.O=c1ccc2ccccc2o1. The molecule has 0 radical (unpaired) electrons. The fourth-order valence-electron chi connectivity index (χ4n) is 6.46. The van der Waals surface area contributed by atoms with E-state index in [1.807, 2.05) is 55.5 Å². The molecule has 4 aromatic carbocycles. The molecule has 0 aliphatic carbocycles. The Balaban J connectivity index is 0.000000173. The Hall–Kier alpha value is -6.56. The summed E-state index contributed by atoms with van der Waals surface area (Å²) < 4.78 is 30.6. The maximum absolute atomic E-state index is 12.1. The van der Waals surface area contributed by atoms with E-state index in [2.05, 4.69) is 6.08 Å². The van der Waals surface area contributed by atoms with Gasteiger partial charge in [-0.1, -0.05) is 42.5 Å². The molecule has 0 saturated carbocycles. The zero-order valence-corrected chi connectivity index (χ0v) is 35.4. The van der Waals surface area contributed by atoms with Crippen molar-refractivity contribution < 1.29 is 89.1 Å². The molecular weight excluding hydrogens is 872 g/mol. The molecule has 20 heteroatoms. The van der Waals surface area contributed by atoms with Gasteiger partial charge in [0.1, 0.15) is 76.5 Å². The minimum absolute atomic E-state index is 0.134. The summed E-state index contributed by atoms with van der Waals surface area (Å²) in [5.74, 6) is -1.81. The second kappa shape index (κ2) is 22.6. The van der Waals surface area contributed by atoms with Gasteiger partial charge in [0.05, 0.1) is 19.8 Å². The number of phenols is 4. The van der Waals surface area contributed by atoms with Crippen LogP contribution in [-0.4, -0.2) is 136 Å². The van der Waals surface area contributed by atoms with E-state index >= 15 is 0 Å². The monoisotopic (exact) mass is 922 g/mol. The van der Waals surface area contributed by atoms with Crippen LogP contribution in [0.4, 0.5) is 0 Å². The zero-order chi connectivity index (χ0) is 48.4. The lowest BCUT2D eigenvalue weighted by atomic mass is 9.99. The van der Waals surface area contributed by atoms with Crippen LogP contribution in [-0.2, 0) is 14.2 Å². The van der Waals surface area contributed by atoms with Gasteiger partial charge < -0.3 is 89.1 Å². The quantitative estimate of drug-likeness (QED) is 0.0841. The van der Waals surface area contributed by atoms with Crippen LogP contribution in [0, 0.1) is 0 Å². The summed E-state index contributed by atoms with van der Waals surface area (Å²) in [6, 6.07) is 24.2. The summed E-state index contributed by atoms with van der Waals surface area (Å²) in [5.41, 5.74) is 0.649. The highest BCUT2D eigenvalue weighted by Crippen LogP contribution is 2.37. The Bertz CT molecular complexity index is 2650. The zero-order valence-electron chi connectivity index (χ0n) is 35.4. The van der Waals surface area contributed by atoms with Gasteiger partial charge in [-0.3, -0.25) is 4.79 Å². The Morgan fingerprint density at radius 3 is 2.00 bits per heavy atom. The van der Waals surface area contributed by atoms with Crippen LogP contribution < -0.4 is 15.8 Å². The lowest BCUT2D eigenvalue weighted by molar-refractivity contribution is -0.322. The van der Waals surface area contributed by atoms with E-state index in [0.717, 1.165) is 35.4 Å². The number of phenolic OH excluding ortho intramolecular Hbond substituents is 4. The minimum atomic E-state index is -1.70. The molecule has 10 atom stereocenters. The summed E-state index contributed by atoms with van der Waals surface area (Å²) in [4.78, 5) is 22.9. The van der Waals surface area contributed by atoms with Crippen LogP contribution in [0.5, 0.6) is 34.5 Å². The molecule has 2 fully saturated rings. The summed E-state index contributed by atoms with van der Waals surface area (Å²) in [6.07, 6.45) is -9.95. The fourth-order valence-corrected chi connectivity index (χ4v) is 6.46. The predicted molar refractivity (Wildman–Crippen MR) is 234 cm³/mol. The number of ether oxygens (including phenoxy) is 4. The highest BCUT2D eigenvalue weighted by molar-refractivity contribution is 5.88. The van der Waals surface area contributed by atoms with Crippen LogP contribution in [0.3, 0.4) is 0 Å². The normalized spacial score (nSPS) is 24.9. The number of allylic oxidation sites excluding steroid dienone is 1. The Kier molecular flexibility index (Phi) is 17.2. The standard InChI is InChI=1S/C15H10O7.C12H22O10.C10H12O.C9H6O2/c16-7-4-10(19)12-11(5-7)22-15(14(21)13(12)20)6-1-2-8(17)9(18)3-6;1-3-5(13)7(15)10(18)12(21-3)20-2-4-6(14)8(16)9(17)11(19)22-4;1-3-4-9-5-7-10(11-2)8-6-9;10-9-6-5-7-3-1-2-4-8(7)11-9/h1-5,16-19,21H;3-19H,2H2,1H3;3-8H,1-2H3;1-6H/b;;4-3+;/t;3-,4?,5-,6+,7+,8-,9-,10+,11+,12+;;/m.0../s1. The minimum Gasteiger partial charge on any atom is -0.508 e. The number of methoxy groups -OCH3 is 1. The second-order valence-corrected chi connectivity index (χ2v) is 14.8. The number of aromatic hydroxyl groups is 5. The van der Waals surface area contributed by atoms with Gasteiger partial charge in [0.2, 0.25) is 11.2 Å². The lowest BCUT2D eigenvalue weighted by Crippen LogP contribution is -2.60. The van der Waals surface area contributed by atoms with Gasteiger partial charge in [0.15, 0.2) is 29.8 Å². The average Bonchev–Trinajstić information content (AvgIpc) is 3.30. The van der Waals surface area contributed by atoms with Crippen LogP contribution in [0.15, 0.2) is 115 Å². The van der Waals surface area contributed by atoms with E-state index < -0.39 is 84.1 Å². The number of para-hydroxylation sites is 1. The van der Waals surface area contributed by atoms with Crippen molar-refractivity contribution in [2.45, 2.75) is 75.3 Å². The van der Waals surface area contributed by atoms with Crippen LogP contribution in [0.1, 0.15) is 19.4 Å². The van der Waals surface area contributed by atoms with E-state index in [-0.39, 0.29) is 46.0 Å². The van der Waals surface area contributed by atoms with Crippen molar-refractivity contribution in [3.8, 4) is 45.8 Å². The molecule has 8 rings (SSSR count). The largest absolute Gasteiger partial charge is 0.508 e. The van der Waals surface area contributed by atoms with Gasteiger partial charge in [-0.05, 0) is 61.9 Å². The number of fused-ring (bicyclic) bond motifs is 2. The summed E-state index contributed by atoms with van der Waals surface area (Å²) in [7, 11) is 1.67. The number of aliphatic hydroxyl groups is 7. The van der Waals surface area contributed by atoms with Gasteiger partial charge in [-0.15, -0.1) is 0 Å². The number of hydrogen-bond donors (Lipinski definition) is 12. The number of benzene rings is 4. The van der Waals surface area contributed by atoms with Crippen molar-refractivity contribution in [3.63, 3.8) is 0 Å². The van der Waals surface area contributed by atoms with Gasteiger partial charge >= 0.3 is 5.63 Å². The van der Waals surface area contributed by atoms with Crippen molar-refractivity contribution >= 4 is 28.0 Å². The van der Waals surface area contributed by atoms with Gasteiger partial charge in [0, 0.05) is 29.1 Å². The molecule has 2 aliphatic heterocycles. The van der Waals surface area contributed by atoms with E-state index in [4.69, 9.17) is 27.8 Å². The maximum atomic E-state index is 12.1.